The minimum atomic E-state index is 0. The molecular weight excluding hydrogens is 225 g/mol. The van der Waals surface area contributed by atoms with Crippen molar-refractivity contribution in [3.8, 4) is 5.75 Å². The first kappa shape index (κ1) is 16.1. The molecule has 0 aliphatic rings. The molecule has 0 radical (unpaired) electrons. The zero-order valence-corrected chi connectivity index (χ0v) is 9.44. The van der Waals surface area contributed by atoms with E-state index in [0.29, 0.717) is 5.75 Å². The molecule has 82 valence electrons. The van der Waals surface area contributed by atoms with Gasteiger partial charge in [-0.1, -0.05) is 36.4 Å². The Labute approximate surface area is 140 Å². The monoisotopic (exact) mass is 243 g/mol. The first-order chi connectivity index (χ1) is 7.11. The summed E-state index contributed by atoms with van der Waals surface area (Å²) in [5.41, 5.74) is 0. The second-order valence-electron chi connectivity index (χ2n) is 3.84. The Morgan fingerprint density at radius 1 is 0.875 bits per heavy atom. The molecule has 0 spiro atoms. The van der Waals surface area contributed by atoms with Gasteiger partial charge in [-0.3, -0.25) is 0 Å². The molecule has 0 heterocycles. The average Bonchev–Trinajstić information content (AvgIpc) is 2.18. The third kappa shape index (κ3) is 5.43. The van der Waals surface area contributed by atoms with Gasteiger partial charge in [-0.15, -0.1) is 0 Å². The number of benzene rings is 2. The van der Waals surface area contributed by atoms with Crippen molar-refractivity contribution in [1.82, 2.24) is 4.90 Å². The maximum absolute atomic E-state index is 9.37. The quantitative estimate of drug-likeness (QED) is 0.716. The van der Waals surface area contributed by atoms with Crippen LogP contribution in [0.15, 0.2) is 42.5 Å². The van der Waals surface area contributed by atoms with Crippen LogP contribution >= 0.6 is 0 Å². The van der Waals surface area contributed by atoms with Gasteiger partial charge in [-0.05, 0) is 32.6 Å². The standard InChI is InChI=1S/C10H8O.C3H9N.K.H/c11-10-7-3-5-8-4-1-2-6-9(8)10;1-4(2)3;;/h1-7,11H;1-3H3;;. The predicted octanol–water partition coefficient (Wildman–Crippen LogP) is 2.07. The Morgan fingerprint density at radius 2 is 1.38 bits per heavy atom. The third-order valence-corrected chi connectivity index (χ3v) is 1.77. The van der Waals surface area contributed by atoms with Gasteiger partial charge in [0, 0.05) is 5.39 Å². The molecule has 2 nitrogen and oxygen atoms in total. The number of phenolic OH excluding ortho intramolecular Hbond substituents is 1. The molecule has 16 heavy (non-hydrogen) atoms. The molecule has 0 amide bonds. The van der Waals surface area contributed by atoms with Crippen LogP contribution < -0.4 is 0 Å². The number of rotatable bonds is 0. The average molecular weight is 243 g/mol. The Kier molecular flexibility index (Phi) is 8.28. The van der Waals surface area contributed by atoms with E-state index in [9.17, 15) is 5.11 Å². The summed E-state index contributed by atoms with van der Waals surface area (Å²) < 4.78 is 0. The van der Waals surface area contributed by atoms with Gasteiger partial charge in [0.1, 0.15) is 5.75 Å². The summed E-state index contributed by atoms with van der Waals surface area (Å²) in [5.74, 6) is 0.350. The van der Waals surface area contributed by atoms with E-state index >= 15 is 0 Å². The van der Waals surface area contributed by atoms with E-state index in [1.807, 2.05) is 62.4 Å². The van der Waals surface area contributed by atoms with Crippen LogP contribution in [-0.2, 0) is 0 Å². The van der Waals surface area contributed by atoms with Crippen molar-refractivity contribution in [1.29, 1.82) is 0 Å². The molecule has 0 bridgehead atoms. The van der Waals surface area contributed by atoms with E-state index in [2.05, 4.69) is 0 Å². The molecule has 0 fully saturated rings. The third-order valence-electron chi connectivity index (χ3n) is 1.77. The van der Waals surface area contributed by atoms with Crippen LogP contribution in [0.3, 0.4) is 0 Å². The van der Waals surface area contributed by atoms with Crippen LogP contribution in [0, 0.1) is 0 Å². The first-order valence-electron chi connectivity index (χ1n) is 4.89. The fourth-order valence-corrected chi connectivity index (χ4v) is 1.21. The molecule has 0 aliphatic heterocycles. The first-order valence-corrected chi connectivity index (χ1v) is 4.89. The van der Waals surface area contributed by atoms with Gasteiger partial charge < -0.3 is 10.0 Å². The summed E-state index contributed by atoms with van der Waals surface area (Å²) >= 11 is 0. The van der Waals surface area contributed by atoms with Crippen molar-refractivity contribution in [3.05, 3.63) is 42.5 Å². The van der Waals surface area contributed by atoms with Crippen molar-refractivity contribution in [2.75, 3.05) is 21.1 Å². The van der Waals surface area contributed by atoms with Crippen molar-refractivity contribution < 1.29 is 5.11 Å². The maximum atomic E-state index is 9.37. The molecule has 0 saturated heterocycles. The van der Waals surface area contributed by atoms with Crippen molar-refractivity contribution in [3.63, 3.8) is 0 Å². The van der Waals surface area contributed by atoms with Crippen LogP contribution in [0.2, 0.25) is 0 Å². The summed E-state index contributed by atoms with van der Waals surface area (Å²) in [7, 11) is 6.00. The molecule has 3 heteroatoms. The Hall–Kier alpha value is 0.0964. The van der Waals surface area contributed by atoms with Crippen molar-refractivity contribution >= 4 is 62.2 Å². The second kappa shape index (κ2) is 8.23. The van der Waals surface area contributed by atoms with Gasteiger partial charge in [0.15, 0.2) is 0 Å². The van der Waals surface area contributed by atoms with E-state index in [1.165, 1.54) is 0 Å². The van der Waals surface area contributed by atoms with Gasteiger partial charge in [-0.2, -0.15) is 0 Å². The number of aromatic hydroxyl groups is 1. The molecule has 2 aromatic carbocycles. The van der Waals surface area contributed by atoms with Gasteiger partial charge in [0.2, 0.25) is 0 Å². The summed E-state index contributed by atoms with van der Waals surface area (Å²) in [5, 5.41) is 11.4. The zero-order valence-electron chi connectivity index (χ0n) is 9.44. The van der Waals surface area contributed by atoms with Gasteiger partial charge in [0.05, 0.1) is 0 Å². The number of fused-ring (bicyclic) bond motifs is 1. The van der Waals surface area contributed by atoms with E-state index in [0.717, 1.165) is 10.8 Å². The number of nitrogens with zero attached hydrogens (tertiary/aromatic N) is 1. The molecule has 2 rings (SSSR count). The van der Waals surface area contributed by atoms with Crippen LogP contribution in [0.4, 0.5) is 0 Å². The van der Waals surface area contributed by atoms with Crippen molar-refractivity contribution in [2.45, 2.75) is 0 Å². The SMILES string of the molecule is CN(C)C.Oc1cccc2ccccc12.[KH]. The van der Waals surface area contributed by atoms with E-state index < -0.39 is 0 Å². The van der Waals surface area contributed by atoms with Gasteiger partial charge >= 0.3 is 51.4 Å². The predicted molar refractivity (Wildman–Crippen MR) is 72.4 cm³/mol. The van der Waals surface area contributed by atoms with Crippen LogP contribution in [-0.4, -0.2) is 82.5 Å². The van der Waals surface area contributed by atoms with Crippen LogP contribution in [0.25, 0.3) is 10.8 Å². The second-order valence-corrected chi connectivity index (χ2v) is 3.84. The topological polar surface area (TPSA) is 23.5 Å². The molecule has 0 atom stereocenters. The molecule has 1 N–H and O–H groups in total. The van der Waals surface area contributed by atoms with E-state index in [4.69, 9.17) is 0 Å². The van der Waals surface area contributed by atoms with Gasteiger partial charge in [-0.25, -0.2) is 0 Å². The Bertz CT molecular complexity index is 421. The van der Waals surface area contributed by atoms with E-state index in [1.54, 1.807) is 6.07 Å². The van der Waals surface area contributed by atoms with E-state index in [-0.39, 0.29) is 51.4 Å². The Balaban J connectivity index is 0.000000397. The fraction of sp³-hybridized carbons (Fsp3) is 0.231. The molecule has 0 unspecified atom stereocenters. The molecule has 0 saturated carbocycles. The molecule has 0 aromatic heterocycles. The number of phenols is 1. The van der Waals surface area contributed by atoms with Crippen LogP contribution in [0.5, 0.6) is 5.75 Å². The van der Waals surface area contributed by atoms with Crippen LogP contribution in [0.1, 0.15) is 0 Å². The Morgan fingerprint density at radius 3 is 1.94 bits per heavy atom. The number of hydrogen-bond acceptors (Lipinski definition) is 2. The summed E-state index contributed by atoms with van der Waals surface area (Å²) in [6, 6.07) is 13.3. The fourth-order valence-electron chi connectivity index (χ4n) is 1.21. The summed E-state index contributed by atoms with van der Waals surface area (Å²) in [6.07, 6.45) is 0. The summed E-state index contributed by atoms with van der Waals surface area (Å²) in [4.78, 5) is 2.00. The van der Waals surface area contributed by atoms with Gasteiger partial charge in [0.25, 0.3) is 0 Å². The molecule has 0 aliphatic carbocycles. The summed E-state index contributed by atoms with van der Waals surface area (Å²) in [6.45, 7) is 0. The normalized spacial score (nSPS) is 9.25. The van der Waals surface area contributed by atoms with Crippen molar-refractivity contribution in [2.24, 2.45) is 0 Å². The zero-order chi connectivity index (χ0) is 11.3. The molecule has 2 aromatic rings. The minimum absolute atomic E-state index is 0. The number of hydrogen-bond donors (Lipinski definition) is 1. The molecular formula is C13H18KNO.